The molecule has 0 bridgehead atoms. The van der Waals surface area contributed by atoms with Crippen LogP contribution in [0.5, 0.6) is 0 Å². The number of hydrogen-bond acceptors (Lipinski definition) is 3. The number of fused-ring (bicyclic) bond motifs is 3. The monoisotopic (exact) mass is 446 g/mol. The number of benzene rings is 3. The summed E-state index contributed by atoms with van der Waals surface area (Å²) in [6, 6.07) is 22.9. The van der Waals surface area contributed by atoms with Crippen LogP contribution in [0, 0.1) is 0 Å². The summed E-state index contributed by atoms with van der Waals surface area (Å²) in [6.07, 6.45) is 0.279. The first-order valence-corrected chi connectivity index (χ1v) is 14.3. The molecule has 4 aromatic rings. The van der Waals surface area contributed by atoms with E-state index < -0.39 is 14.4 Å². The van der Waals surface area contributed by atoms with Crippen LogP contribution in [-0.4, -0.2) is 13.4 Å². The Morgan fingerprint density at radius 1 is 0.875 bits per heavy atom. The lowest BCUT2D eigenvalue weighted by Crippen LogP contribution is -2.42. The van der Waals surface area contributed by atoms with Gasteiger partial charge in [-0.2, -0.15) is 0 Å². The summed E-state index contributed by atoms with van der Waals surface area (Å²) in [4.78, 5) is 0. The van der Waals surface area contributed by atoms with E-state index >= 15 is 0 Å². The van der Waals surface area contributed by atoms with Crippen LogP contribution in [0.15, 0.2) is 71.1 Å². The highest BCUT2D eigenvalue weighted by atomic mass is 28.4. The molecule has 1 N–H and O–H groups in total. The van der Waals surface area contributed by atoms with Gasteiger partial charge in [0.2, 0.25) is 0 Å². The maximum atomic E-state index is 10.1. The van der Waals surface area contributed by atoms with E-state index in [9.17, 15) is 5.11 Å². The first-order valence-electron chi connectivity index (χ1n) is 11.4. The second-order valence-electron chi connectivity index (χ2n) is 10.3. The molecule has 0 aliphatic rings. The summed E-state index contributed by atoms with van der Waals surface area (Å²) in [5.74, 6) is 0. The molecular weight excluding hydrogens is 412 g/mol. The Hall–Kier alpha value is -2.40. The third kappa shape index (κ3) is 4.54. The Morgan fingerprint density at radius 2 is 1.44 bits per heavy atom. The maximum Gasteiger partial charge on any atom is 0.192 e. The normalized spacial score (nSPS) is 14.7. The predicted octanol–water partition coefficient (Wildman–Crippen LogP) is 7.94. The van der Waals surface area contributed by atoms with Gasteiger partial charge in [-0.3, -0.25) is 0 Å². The quantitative estimate of drug-likeness (QED) is 0.306. The molecule has 0 spiro atoms. The van der Waals surface area contributed by atoms with Gasteiger partial charge in [-0.15, -0.1) is 0 Å². The number of hydrogen-bond donors (Lipinski definition) is 1. The van der Waals surface area contributed by atoms with E-state index in [0.29, 0.717) is 0 Å². The molecule has 0 amide bonds. The molecule has 2 unspecified atom stereocenters. The molecule has 3 nitrogen and oxygen atoms in total. The fraction of sp³-hybridized carbons (Fsp3) is 0.357. The van der Waals surface area contributed by atoms with Gasteiger partial charge >= 0.3 is 0 Å². The second kappa shape index (κ2) is 8.51. The molecule has 0 aliphatic heterocycles. The van der Waals surface area contributed by atoms with Crippen molar-refractivity contribution >= 4 is 30.3 Å². The van der Waals surface area contributed by atoms with Crippen molar-refractivity contribution in [3.05, 3.63) is 83.4 Å². The van der Waals surface area contributed by atoms with Crippen LogP contribution in [-0.2, 0) is 10.8 Å². The molecule has 0 fully saturated rings. The van der Waals surface area contributed by atoms with Crippen molar-refractivity contribution in [2.45, 2.75) is 64.5 Å². The van der Waals surface area contributed by atoms with Crippen LogP contribution in [0.4, 0.5) is 0 Å². The maximum absolute atomic E-state index is 10.1. The summed E-state index contributed by atoms with van der Waals surface area (Å²) in [5, 5.41) is 12.3. The minimum absolute atomic E-state index is 0.0346. The Morgan fingerprint density at radius 3 is 2.00 bits per heavy atom. The molecule has 32 heavy (non-hydrogen) atoms. The first kappa shape index (κ1) is 22.8. The topological polar surface area (TPSA) is 42.6 Å². The highest BCUT2D eigenvalue weighted by Gasteiger charge is 2.39. The van der Waals surface area contributed by atoms with Gasteiger partial charge in [0.05, 0.1) is 12.2 Å². The number of rotatable bonds is 6. The van der Waals surface area contributed by atoms with E-state index in [4.69, 9.17) is 8.84 Å². The van der Waals surface area contributed by atoms with Gasteiger partial charge < -0.3 is 13.9 Å². The van der Waals surface area contributed by atoms with Gasteiger partial charge in [-0.05, 0) is 66.0 Å². The van der Waals surface area contributed by atoms with E-state index in [1.165, 1.54) is 5.56 Å². The first-order chi connectivity index (χ1) is 15.0. The number of furan rings is 1. The Kier molecular flexibility index (Phi) is 6.06. The van der Waals surface area contributed by atoms with E-state index in [1.54, 1.807) is 6.92 Å². The van der Waals surface area contributed by atoms with Crippen molar-refractivity contribution < 1.29 is 13.9 Å². The van der Waals surface area contributed by atoms with Crippen LogP contribution < -0.4 is 0 Å². The van der Waals surface area contributed by atoms with Crippen molar-refractivity contribution in [1.29, 1.82) is 0 Å². The number of aliphatic hydroxyl groups excluding tert-OH is 1. The predicted molar refractivity (Wildman–Crippen MR) is 136 cm³/mol. The standard InChI is InChI=1S/C28H34O3Si/c1-19(29)21-12-14-25-23(17-21)24-18-22(13-15-26(24)30-25)27(16-20-10-8-7-9-11-20)31-32(5,6)28(2,3)4/h7-15,17-19,27,29H,16H2,1-6H3. The highest BCUT2D eigenvalue weighted by molar-refractivity contribution is 6.74. The molecule has 1 heterocycles. The molecule has 0 saturated heterocycles. The molecule has 168 valence electrons. The van der Waals surface area contributed by atoms with E-state index in [-0.39, 0.29) is 11.1 Å². The SMILES string of the molecule is CC(O)c1ccc2oc3ccc(C(Cc4ccccc4)O[Si](C)(C)C(C)(C)C)cc3c2c1. The number of aliphatic hydroxyl groups is 1. The fourth-order valence-corrected chi connectivity index (χ4v) is 5.15. The lowest BCUT2D eigenvalue weighted by atomic mass is 9.99. The molecule has 0 aliphatic carbocycles. The van der Waals surface area contributed by atoms with Crippen molar-refractivity contribution in [2.24, 2.45) is 0 Å². The third-order valence-corrected chi connectivity index (χ3v) is 11.4. The highest BCUT2D eigenvalue weighted by Crippen LogP contribution is 2.41. The van der Waals surface area contributed by atoms with Gasteiger partial charge in [0, 0.05) is 17.2 Å². The van der Waals surface area contributed by atoms with Crippen LogP contribution in [0.1, 0.15) is 56.6 Å². The molecular formula is C28H34O3Si. The minimum atomic E-state index is -1.99. The van der Waals surface area contributed by atoms with Crippen molar-refractivity contribution in [3.8, 4) is 0 Å². The zero-order chi connectivity index (χ0) is 23.1. The minimum Gasteiger partial charge on any atom is -0.456 e. The van der Waals surface area contributed by atoms with Crippen LogP contribution in [0.25, 0.3) is 21.9 Å². The molecule has 0 radical (unpaired) electrons. The van der Waals surface area contributed by atoms with Gasteiger partial charge in [0.25, 0.3) is 0 Å². The average molecular weight is 447 g/mol. The lowest BCUT2D eigenvalue weighted by Gasteiger charge is -2.39. The van der Waals surface area contributed by atoms with E-state index in [2.05, 4.69) is 82.4 Å². The fourth-order valence-electron chi connectivity index (χ4n) is 3.86. The molecule has 2 atom stereocenters. The molecule has 0 saturated carbocycles. The third-order valence-electron chi connectivity index (χ3n) is 6.88. The lowest BCUT2D eigenvalue weighted by molar-refractivity contribution is 0.184. The Balaban J connectivity index is 1.80. The summed E-state index contributed by atoms with van der Waals surface area (Å²) in [5.41, 5.74) is 5.02. The van der Waals surface area contributed by atoms with Gasteiger partial charge in [-0.1, -0.05) is 63.2 Å². The molecule has 1 aromatic heterocycles. The van der Waals surface area contributed by atoms with Crippen molar-refractivity contribution in [1.82, 2.24) is 0 Å². The zero-order valence-corrected chi connectivity index (χ0v) is 21.0. The van der Waals surface area contributed by atoms with Gasteiger partial charge in [0.15, 0.2) is 8.32 Å². The summed E-state index contributed by atoms with van der Waals surface area (Å²) in [6.45, 7) is 13.3. The second-order valence-corrected chi connectivity index (χ2v) is 15.1. The average Bonchev–Trinajstić information content (AvgIpc) is 3.10. The van der Waals surface area contributed by atoms with Crippen LogP contribution in [0.3, 0.4) is 0 Å². The van der Waals surface area contributed by atoms with Crippen LogP contribution >= 0.6 is 0 Å². The largest absolute Gasteiger partial charge is 0.456 e. The Labute approximate surface area is 192 Å². The smallest absolute Gasteiger partial charge is 0.192 e. The zero-order valence-electron chi connectivity index (χ0n) is 20.0. The van der Waals surface area contributed by atoms with E-state index in [0.717, 1.165) is 39.5 Å². The Bertz CT molecular complexity index is 1220. The van der Waals surface area contributed by atoms with E-state index in [1.807, 2.05) is 18.2 Å². The van der Waals surface area contributed by atoms with Crippen molar-refractivity contribution in [3.63, 3.8) is 0 Å². The molecule has 3 aromatic carbocycles. The molecule has 4 rings (SSSR count). The van der Waals surface area contributed by atoms with Crippen molar-refractivity contribution in [2.75, 3.05) is 0 Å². The summed E-state index contributed by atoms with van der Waals surface area (Å²) in [7, 11) is -1.99. The van der Waals surface area contributed by atoms with Gasteiger partial charge in [0.1, 0.15) is 11.2 Å². The van der Waals surface area contributed by atoms with Crippen LogP contribution in [0.2, 0.25) is 18.1 Å². The summed E-state index contributed by atoms with van der Waals surface area (Å²) >= 11 is 0. The summed E-state index contributed by atoms with van der Waals surface area (Å²) < 4.78 is 13.0. The van der Waals surface area contributed by atoms with Gasteiger partial charge in [-0.25, -0.2) is 0 Å². The molecule has 4 heteroatoms.